The molecule has 0 heterocycles. The van der Waals surface area contributed by atoms with Crippen LogP contribution in [0, 0.1) is 5.92 Å². The molecule has 0 spiro atoms. The maximum absolute atomic E-state index is 11.1. The zero-order valence-corrected chi connectivity index (χ0v) is 10.3. The van der Waals surface area contributed by atoms with Crippen LogP contribution >= 0.6 is 0 Å². The minimum atomic E-state index is -0.311. The third kappa shape index (κ3) is 2.69. The normalized spacial score (nSPS) is 12.8. The van der Waals surface area contributed by atoms with E-state index in [1.54, 1.807) is 6.92 Å². The Morgan fingerprint density at radius 1 is 1.42 bits per heavy atom. The van der Waals surface area contributed by atoms with Gasteiger partial charge in [-0.15, -0.1) is 0 Å². The second kappa shape index (κ2) is 4.98. The predicted molar refractivity (Wildman–Crippen MR) is 50.6 cm³/mol. The molecule has 0 atom stereocenters. The van der Waals surface area contributed by atoms with E-state index in [4.69, 9.17) is 4.43 Å². The fraction of sp³-hybridized carbons (Fsp3) is 0.625. The molecule has 0 rings (SSSR count). The van der Waals surface area contributed by atoms with Crippen molar-refractivity contribution in [1.29, 1.82) is 0 Å². The van der Waals surface area contributed by atoms with Gasteiger partial charge in [0, 0.05) is 5.92 Å². The van der Waals surface area contributed by atoms with Crippen molar-refractivity contribution in [3.8, 4) is 0 Å². The molecular weight excluding hydrogens is 172 g/mol. The van der Waals surface area contributed by atoms with Crippen LogP contribution in [0.25, 0.3) is 0 Å². The third-order valence-electron chi connectivity index (χ3n) is 1.61. The van der Waals surface area contributed by atoms with Crippen LogP contribution in [0.15, 0.2) is 11.3 Å². The summed E-state index contributed by atoms with van der Waals surface area (Å²) in [5.74, 6) is 0.671. The van der Waals surface area contributed by atoms with Gasteiger partial charge in [0.2, 0.25) is 10.5 Å². The lowest BCUT2D eigenvalue weighted by Gasteiger charge is -2.13. The predicted octanol–water partition coefficient (Wildman–Crippen LogP) is 0.386. The van der Waals surface area contributed by atoms with Crippen LogP contribution in [-0.2, 0) is 14.0 Å². The Hall–Kier alpha value is -0.773. The van der Waals surface area contributed by atoms with Crippen molar-refractivity contribution >= 4 is 16.5 Å². The van der Waals surface area contributed by atoms with Crippen LogP contribution in [0.4, 0.5) is 0 Å². The van der Waals surface area contributed by atoms with E-state index in [1.165, 1.54) is 7.11 Å². The molecule has 70 valence electrons. The molecule has 0 saturated heterocycles. The summed E-state index contributed by atoms with van der Waals surface area (Å²) in [6, 6.07) is 0. The third-order valence-corrected chi connectivity index (χ3v) is 2.05. The quantitative estimate of drug-likeness (QED) is 0.278. The molecule has 0 unspecified atom stereocenters. The number of esters is 1. The summed E-state index contributed by atoms with van der Waals surface area (Å²) in [5, 5.41) is 0. The van der Waals surface area contributed by atoms with Crippen molar-refractivity contribution in [2.75, 3.05) is 7.11 Å². The smallest absolute Gasteiger partial charge is 0.336 e. The van der Waals surface area contributed by atoms with Crippen molar-refractivity contribution in [2.45, 2.75) is 20.8 Å². The van der Waals surface area contributed by atoms with E-state index in [2.05, 4.69) is 4.74 Å². The summed E-state index contributed by atoms with van der Waals surface area (Å²) in [7, 11) is 1.97. The van der Waals surface area contributed by atoms with Gasteiger partial charge in [0.1, 0.15) is 0 Å². The van der Waals surface area contributed by atoms with Gasteiger partial charge in [0.15, 0.2) is 0 Å². The standard InChI is InChI=1S/C8H16O3Si/c1-5(2)7(11-12)6(3)8(9)10-4/h5H,1-4,12H3. The summed E-state index contributed by atoms with van der Waals surface area (Å²) < 4.78 is 9.80. The van der Waals surface area contributed by atoms with Gasteiger partial charge in [-0.1, -0.05) is 13.8 Å². The van der Waals surface area contributed by atoms with Crippen LogP contribution in [0.5, 0.6) is 0 Å². The van der Waals surface area contributed by atoms with Crippen molar-refractivity contribution in [3.05, 3.63) is 11.3 Å². The Morgan fingerprint density at radius 2 is 1.92 bits per heavy atom. The highest BCUT2D eigenvalue weighted by Gasteiger charge is 2.13. The molecule has 0 N–H and O–H groups in total. The monoisotopic (exact) mass is 188 g/mol. The summed E-state index contributed by atoms with van der Waals surface area (Å²) in [4.78, 5) is 11.1. The van der Waals surface area contributed by atoms with Crippen LogP contribution in [0.2, 0.25) is 0 Å². The lowest BCUT2D eigenvalue weighted by molar-refractivity contribution is -0.136. The van der Waals surface area contributed by atoms with Gasteiger partial charge in [0.05, 0.1) is 18.4 Å². The molecule has 3 nitrogen and oxygen atoms in total. The van der Waals surface area contributed by atoms with Crippen molar-refractivity contribution in [3.63, 3.8) is 0 Å². The molecule has 0 aliphatic heterocycles. The number of hydrogen-bond donors (Lipinski definition) is 0. The Labute approximate surface area is 76.3 Å². The van der Waals surface area contributed by atoms with Gasteiger partial charge in [-0.3, -0.25) is 0 Å². The zero-order chi connectivity index (χ0) is 9.72. The highest BCUT2D eigenvalue weighted by molar-refractivity contribution is 5.99. The molecular formula is C8H16O3Si. The van der Waals surface area contributed by atoms with E-state index in [0.29, 0.717) is 16.1 Å². The lowest BCUT2D eigenvalue weighted by Crippen LogP contribution is -2.10. The van der Waals surface area contributed by atoms with Crippen molar-refractivity contribution in [1.82, 2.24) is 0 Å². The first-order valence-corrected chi connectivity index (χ1v) is 4.69. The molecule has 0 aromatic rings. The fourth-order valence-corrected chi connectivity index (χ4v) is 1.85. The molecule has 0 aromatic carbocycles. The molecule has 0 amide bonds. The number of allylic oxidation sites excluding steroid dienone is 1. The first-order chi connectivity index (χ1) is 5.54. The maximum Gasteiger partial charge on any atom is 0.336 e. The summed E-state index contributed by atoms with van der Waals surface area (Å²) >= 11 is 0. The molecule has 0 aliphatic rings. The van der Waals surface area contributed by atoms with Gasteiger partial charge in [0.25, 0.3) is 0 Å². The van der Waals surface area contributed by atoms with Gasteiger partial charge < -0.3 is 9.16 Å². The average molecular weight is 188 g/mol. The molecule has 0 aromatic heterocycles. The Bertz CT molecular complexity index is 196. The minimum Gasteiger partial charge on any atom is -0.555 e. The Kier molecular flexibility index (Phi) is 4.66. The molecule has 0 saturated carbocycles. The molecule has 0 fully saturated rings. The lowest BCUT2D eigenvalue weighted by atomic mass is 10.1. The van der Waals surface area contributed by atoms with Crippen molar-refractivity contribution in [2.24, 2.45) is 5.92 Å². The van der Waals surface area contributed by atoms with E-state index < -0.39 is 0 Å². The highest BCUT2D eigenvalue weighted by atomic mass is 28.2. The van der Waals surface area contributed by atoms with Gasteiger partial charge in [-0.25, -0.2) is 4.79 Å². The summed E-state index contributed by atoms with van der Waals surface area (Å²) in [5.41, 5.74) is 0.572. The average Bonchev–Trinajstić information content (AvgIpc) is 2.03. The number of rotatable bonds is 3. The Balaban J connectivity index is 4.71. The second-order valence-electron chi connectivity index (χ2n) is 2.84. The van der Waals surface area contributed by atoms with Gasteiger partial charge in [-0.2, -0.15) is 0 Å². The topological polar surface area (TPSA) is 35.5 Å². The second-order valence-corrected chi connectivity index (χ2v) is 3.25. The minimum absolute atomic E-state index is 0.238. The van der Waals surface area contributed by atoms with Crippen molar-refractivity contribution < 1.29 is 14.0 Å². The fourth-order valence-electron chi connectivity index (χ4n) is 1.08. The number of methoxy groups -OCH3 is 1. The number of hydrogen-bond acceptors (Lipinski definition) is 3. The van der Waals surface area contributed by atoms with E-state index in [0.717, 1.165) is 5.76 Å². The summed E-state index contributed by atoms with van der Waals surface area (Å²) in [6.07, 6.45) is 0. The first kappa shape index (κ1) is 11.2. The van der Waals surface area contributed by atoms with Crippen LogP contribution in [0.3, 0.4) is 0 Å². The first-order valence-electron chi connectivity index (χ1n) is 3.87. The van der Waals surface area contributed by atoms with E-state index in [1.807, 2.05) is 13.8 Å². The van der Waals surface area contributed by atoms with Crippen LogP contribution < -0.4 is 0 Å². The largest absolute Gasteiger partial charge is 0.555 e. The molecule has 12 heavy (non-hydrogen) atoms. The zero-order valence-electron chi connectivity index (χ0n) is 8.30. The van der Waals surface area contributed by atoms with Gasteiger partial charge >= 0.3 is 5.97 Å². The molecule has 0 bridgehead atoms. The molecule has 0 aliphatic carbocycles. The van der Waals surface area contributed by atoms with E-state index in [9.17, 15) is 4.79 Å². The highest BCUT2D eigenvalue weighted by Crippen LogP contribution is 2.15. The number of carbonyl (C=O) groups excluding carboxylic acids is 1. The van der Waals surface area contributed by atoms with E-state index in [-0.39, 0.29) is 11.9 Å². The Morgan fingerprint density at radius 3 is 2.17 bits per heavy atom. The summed E-state index contributed by atoms with van der Waals surface area (Å²) in [6.45, 7) is 5.69. The van der Waals surface area contributed by atoms with Crippen LogP contribution in [-0.4, -0.2) is 23.6 Å². The van der Waals surface area contributed by atoms with Crippen LogP contribution in [0.1, 0.15) is 20.8 Å². The van der Waals surface area contributed by atoms with Gasteiger partial charge in [-0.05, 0) is 6.92 Å². The number of ether oxygens (including phenoxy) is 1. The maximum atomic E-state index is 11.1. The number of carbonyl (C=O) groups is 1. The van der Waals surface area contributed by atoms with E-state index >= 15 is 0 Å². The molecule has 4 heteroatoms. The SMILES string of the molecule is COC(=O)C(C)=C(O[SiH3])C(C)C. The molecule has 0 radical (unpaired) electrons.